The van der Waals surface area contributed by atoms with Gasteiger partial charge in [-0.25, -0.2) is 0 Å². The summed E-state index contributed by atoms with van der Waals surface area (Å²) in [5.41, 5.74) is 0. The minimum Gasteiger partial charge on any atom is -0.348 e. The van der Waals surface area contributed by atoms with E-state index in [-0.39, 0.29) is 0 Å². The Morgan fingerprint density at radius 1 is 0.571 bits per heavy atom. The molecule has 0 radical (unpaired) electrons. The van der Waals surface area contributed by atoms with Crippen LogP contribution in [0.3, 0.4) is 0 Å². The fourth-order valence-corrected chi connectivity index (χ4v) is 9.69. The lowest BCUT2D eigenvalue weighted by Crippen LogP contribution is -2.50. The lowest BCUT2D eigenvalue weighted by Gasteiger charge is -2.51. The van der Waals surface area contributed by atoms with Crippen LogP contribution in [0.15, 0.2) is 0 Å². The van der Waals surface area contributed by atoms with E-state index in [1.807, 2.05) is 0 Å². The van der Waals surface area contributed by atoms with Gasteiger partial charge in [0.15, 0.2) is 0 Å². The van der Waals surface area contributed by atoms with E-state index in [1.165, 1.54) is 0 Å². The maximum absolute atomic E-state index is 6.46. The normalized spacial score (nSPS) is 15.9. The van der Waals surface area contributed by atoms with Crippen LogP contribution >= 0.6 is 60.1 Å². The zero-order chi connectivity index (χ0) is 12.0. The van der Waals surface area contributed by atoms with Gasteiger partial charge >= 0.3 is 0 Å². The molecule has 0 aromatic carbocycles. The monoisotopic (exact) mass is 314 g/mol. The summed E-state index contributed by atoms with van der Waals surface area (Å²) in [6.07, 6.45) is 0. The van der Waals surface area contributed by atoms with Crippen LogP contribution in [0.1, 0.15) is 0 Å². The Hall–Kier alpha value is 2.15. The van der Waals surface area contributed by atoms with Crippen molar-refractivity contribution in [2.75, 3.05) is 40.0 Å². The average molecular weight is 316 g/mol. The Balaban J connectivity index is 5.30. The van der Waals surface area contributed by atoms with Crippen molar-refractivity contribution in [1.82, 2.24) is 0 Å². The lowest BCUT2D eigenvalue weighted by atomic mass is 9.68. The molecule has 8 heteroatoms. The molecule has 0 aliphatic rings. The van der Waals surface area contributed by atoms with Crippen molar-refractivity contribution in [2.45, 2.75) is 0 Å². The second kappa shape index (κ2) is 4.44. The van der Waals surface area contributed by atoms with Gasteiger partial charge in [-0.05, 0) is 0 Å². The molecule has 0 atom stereocenters. The molecule has 0 saturated carbocycles. The Morgan fingerprint density at radius 2 is 0.714 bits per heavy atom. The van der Waals surface area contributed by atoms with Crippen LogP contribution in [-0.4, -0.2) is 49.2 Å². The molecule has 0 aromatic heterocycles. The third-order valence-electron chi connectivity index (χ3n) is 2.55. The molecule has 0 heterocycles. The van der Waals surface area contributed by atoms with Crippen molar-refractivity contribution < 1.29 is 0 Å². The highest BCUT2D eigenvalue weighted by Gasteiger charge is 2.59. The van der Waals surface area contributed by atoms with Gasteiger partial charge in [0.2, 0.25) is 0 Å². The Labute approximate surface area is 109 Å². The van der Waals surface area contributed by atoms with E-state index >= 15 is 0 Å². The summed E-state index contributed by atoms with van der Waals surface area (Å²) in [7, 11) is -2.90. The van der Waals surface area contributed by atoms with Crippen LogP contribution in [0.5, 0.6) is 0 Å². The van der Waals surface area contributed by atoms with E-state index < -0.39 is 23.5 Å². The second-order valence-electron chi connectivity index (χ2n) is 5.59. The molecule has 0 bridgehead atoms. The van der Waals surface area contributed by atoms with Crippen LogP contribution < -0.4 is 0 Å². The molecule has 0 nitrogen and oxygen atoms in total. The number of rotatable bonds is 3. The molecule has 0 amide bonds. The van der Waals surface area contributed by atoms with Gasteiger partial charge in [-0.15, -0.1) is 0 Å². The van der Waals surface area contributed by atoms with E-state index in [4.69, 9.17) is 45.8 Å². The van der Waals surface area contributed by atoms with Gasteiger partial charge in [0, 0.05) is 40.0 Å². The van der Waals surface area contributed by atoms with Gasteiger partial charge in [0.25, 0.3) is 9.17 Å². The molecule has 14 heavy (non-hydrogen) atoms. The first-order valence-electron chi connectivity index (χ1n) is 4.41. The molecule has 0 aliphatic carbocycles. The first kappa shape index (κ1) is 16.1. The first-order valence-corrected chi connectivity index (χ1v) is 12.6. The van der Waals surface area contributed by atoms with Gasteiger partial charge < -0.3 is 45.8 Å². The molecule has 0 unspecified atom stereocenters. The van der Waals surface area contributed by atoms with E-state index in [1.54, 1.807) is 0 Å². The van der Waals surface area contributed by atoms with Crippen LogP contribution in [0.4, 0.5) is 0 Å². The largest absolute Gasteiger partial charge is 0.348 e. The molecule has 0 fully saturated rings. The molecule has 86 valence electrons. The third kappa shape index (κ3) is 2.88. The number of hydrogen-bond acceptors (Lipinski definition) is 0. The third-order valence-corrected chi connectivity index (χ3v) is 17.6. The molecule has 0 rings (SSSR count). The second-order valence-corrected chi connectivity index (χ2v) is 20.1. The molecule has 0 N–H and O–H groups in total. The van der Waals surface area contributed by atoms with E-state index in [2.05, 4.69) is 40.0 Å². The van der Waals surface area contributed by atoms with E-state index in [0.717, 1.165) is 0 Å². The summed E-state index contributed by atoms with van der Waals surface area (Å²) in [5, 5.41) is 0. The summed E-state index contributed by atoms with van der Waals surface area (Å²) >= 11 is 25.8. The summed E-state index contributed by atoms with van der Waals surface area (Å²) < 4.78 is -3.40. The minimum absolute atomic E-state index is 1.45. The maximum Gasteiger partial charge on any atom is 0.258 e. The highest BCUT2D eigenvalue weighted by molar-refractivity contribution is 8.49. The predicted octanol–water partition coefficient (Wildman–Crippen LogP) is 4.71. The van der Waals surface area contributed by atoms with Crippen molar-refractivity contribution >= 4 is 69.3 Å². The quantitative estimate of drug-likeness (QED) is 0.522. The maximum atomic E-state index is 6.46. The minimum atomic E-state index is -1.70. The summed E-state index contributed by atoms with van der Waals surface area (Å²) in [4.78, 5) is 0. The molecular weight excluding hydrogens is 297 g/mol. The van der Waals surface area contributed by atoms with Crippen molar-refractivity contribution in [1.29, 1.82) is 0 Å². The summed E-state index contributed by atoms with van der Waals surface area (Å²) in [6, 6.07) is 0. The zero-order valence-corrected chi connectivity index (χ0v) is 14.4. The zero-order valence-electron chi connectivity index (χ0n) is 9.56. The van der Waals surface area contributed by atoms with Crippen LogP contribution in [0.25, 0.3) is 0 Å². The Morgan fingerprint density at radius 3 is 0.786 bits per heavy atom. The fourth-order valence-electron chi connectivity index (χ4n) is 1.08. The standard InChI is InChI=1S/C6H18B2Cl4P2/c1-13(2,3)7(9,10)8(11,12)14(4,5)6/h1-6H3. The Bertz CT molecular complexity index is 195. The molecule has 0 saturated heterocycles. The van der Waals surface area contributed by atoms with Crippen molar-refractivity contribution in [2.24, 2.45) is 0 Å². The highest BCUT2D eigenvalue weighted by atomic mass is 35.5. The average Bonchev–Trinajstić information content (AvgIpc) is 1.81. The fraction of sp³-hybridized carbons (Fsp3) is 1.00. The number of hydrogen-bond donors (Lipinski definition) is 0. The van der Waals surface area contributed by atoms with Crippen molar-refractivity contribution in [3.05, 3.63) is 0 Å². The van der Waals surface area contributed by atoms with Crippen molar-refractivity contribution in [3.63, 3.8) is 0 Å². The molecule has 0 aliphatic heterocycles. The van der Waals surface area contributed by atoms with Crippen LogP contribution in [0.2, 0.25) is 0 Å². The van der Waals surface area contributed by atoms with Gasteiger partial charge in [-0.1, -0.05) is 0 Å². The number of halogens is 4. The highest BCUT2D eigenvalue weighted by Crippen LogP contribution is 2.75. The van der Waals surface area contributed by atoms with Gasteiger partial charge in [0.1, 0.15) is 0 Å². The van der Waals surface area contributed by atoms with Crippen molar-refractivity contribution in [3.8, 4) is 0 Å². The predicted molar refractivity (Wildman–Crippen MR) is 84.3 cm³/mol. The summed E-state index contributed by atoms with van der Waals surface area (Å²) in [6.45, 7) is 12.5. The van der Waals surface area contributed by atoms with Crippen LogP contribution in [-0.2, 0) is 0 Å². The van der Waals surface area contributed by atoms with E-state index in [0.29, 0.717) is 0 Å². The van der Waals surface area contributed by atoms with Gasteiger partial charge in [-0.2, -0.15) is 14.3 Å². The SMILES string of the molecule is C[P+](C)(C)[B-](Cl)(Cl)[B-](Cl)(Cl)[P+](C)(C)C. The van der Waals surface area contributed by atoms with Gasteiger partial charge in [0.05, 0.1) is 0 Å². The van der Waals surface area contributed by atoms with Crippen LogP contribution in [0, 0.1) is 0 Å². The topological polar surface area (TPSA) is 0 Å². The summed E-state index contributed by atoms with van der Waals surface area (Å²) in [5.74, 6) is 0. The molecule has 0 aromatic rings. The van der Waals surface area contributed by atoms with Gasteiger partial charge in [-0.3, -0.25) is 0 Å². The molecule has 0 spiro atoms. The Kier molecular flexibility index (Phi) is 5.12. The van der Waals surface area contributed by atoms with E-state index in [9.17, 15) is 0 Å². The lowest BCUT2D eigenvalue weighted by molar-refractivity contribution is 2.07. The first-order chi connectivity index (χ1) is 5.75. The molecular formula is C6H18B2Cl4P2. The smallest absolute Gasteiger partial charge is 0.258 e.